The number of carbonyl (C=O) groups excluding carboxylic acids is 1. The maximum Gasteiger partial charge on any atom is 0.335 e. The predicted molar refractivity (Wildman–Crippen MR) is 40.9 cm³/mol. The number of rotatable bonds is 1. The lowest BCUT2D eigenvalue weighted by molar-refractivity contribution is 0.0993. The van der Waals surface area contributed by atoms with E-state index in [0.717, 1.165) is 4.52 Å². The topological polar surface area (TPSA) is 89.6 Å². The molecule has 0 saturated heterocycles. The molecular formula is C6H3N5O2. The van der Waals surface area contributed by atoms with Crippen LogP contribution >= 0.6 is 0 Å². The summed E-state index contributed by atoms with van der Waals surface area (Å²) < 4.78 is 1.16. The molecule has 0 atom stereocenters. The van der Waals surface area contributed by atoms with E-state index in [9.17, 15) is 9.70 Å². The Balaban J connectivity index is 2.74. The van der Waals surface area contributed by atoms with E-state index in [4.69, 9.17) is 0 Å². The second-order valence-corrected chi connectivity index (χ2v) is 2.26. The second-order valence-electron chi connectivity index (χ2n) is 2.26. The van der Waals surface area contributed by atoms with Crippen LogP contribution in [-0.2, 0) is 0 Å². The molecule has 0 N–H and O–H groups in total. The van der Waals surface area contributed by atoms with Gasteiger partial charge in [0.2, 0.25) is 0 Å². The van der Waals surface area contributed by atoms with Crippen LogP contribution in [0.1, 0.15) is 10.5 Å². The van der Waals surface area contributed by atoms with Gasteiger partial charge < -0.3 is 0 Å². The Hall–Kier alpha value is -2.18. The average Bonchev–Trinajstić information content (AvgIpc) is 2.63. The van der Waals surface area contributed by atoms with Gasteiger partial charge in [0.15, 0.2) is 5.65 Å². The summed E-state index contributed by atoms with van der Waals surface area (Å²) in [6, 6.07) is 4.61. The van der Waals surface area contributed by atoms with Crippen LogP contribution < -0.4 is 0 Å². The third kappa shape index (κ3) is 1.06. The number of amides is 1. The minimum absolute atomic E-state index is 0.0532. The molecule has 64 valence electrons. The molecule has 0 aliphatic heterocycles. The minimum atomic E-state index is -0.891. The maximum absolute atomic E-state index is 10.9. The zero-order valence-electron chi connectivity index (χ0n) is 6.28. The van der Waals surface area contributed by atoms with Crippen LogP contribution in [0.2, 0.25) is 0 Å². The van der Waals surface area contributed by atoms with Crippen molar-refractivity contribution < 1.29 is 4.79 Å². The van der Waals surface area contributed by atoms with Gasteiger partial charge in [0.25, 0.3) is 0 Å². The predicted octanol–water partition coefficient (Wildman–Crippen LogP) is 0.0309. The summed E-state index contributed by atoms with van der Waals surface area (Å²) in [5.74, 6) is -0.891. The van der Waals surface area contributed by atoms with Gasteiger partial charge in [0.05, 0.1) is 0 Å². The van der Waals surface area contributed by atoms with Crippen LogP contribution in [0.4, 0.5) is 0 Å². The van der Waals surface area contributed by atoms with Crippen molar-refractivity contribution in [1.29, 1.82) is 0 Å². The van der Waals surface area contributed by atoms with Gasteiger partial charge in [-0.1, -0.05) is 6.07 Å². The van der Waals surface area contributed by atoms with Crippen molar-refractivity contribution in [3.8, 4) is 0 Å². The van der Waals surface area contributed by atoms with Crippen LogP contribution in [0.3, 0.4) is 0 Å². The van der Waals surface area contributed by atoms with Crippen molar-refractivity contribution in [2.24, 2.45) is 5.18 Å². The highest BCUT2D eigenvalue weighted by Gasteiger charge is 2.11. The first kappa shape index (κ1) is 7.47. The number of hydrogen-bond donors (Lipinski definition) is 0. The first-order valence-electron chi connectivity index (χ1n) is 3.38. The molecule has 0 unspecified atom stereocenters. The summed E-state index contributed by atoms with van der Waals surface area (Å²) >= 11 is 0. The van der Waals surface area contributed by atoms with Gasteiger partial charge in [-0.2, -0.15) is 4.52 Å². The van der Waals surface area contributed by atoms with Crippen molar-refractivity contribution >= 4 is 11.6 Å². The number of aromatic nitrogens is 4. The van der Waals surface area contributed by atoms with Crippen LogP contribution in [0.15, 0.2) is 23.4 Å². The van der Waals surface area contributed by atoms with Crippen molar-refractivity contribution in [2.45, 2.75) is 0 Å². The highest BCUT2D eigenvalue weighted by atomic mass is 16.3. The van der Waals surface area contributed by atoms with Gasteiger partial charge >= 0.3 is 5.91 Å². The summed E-state index contributed by atoms with van der Waals surface area (Å²) in [6.45, 7) is 0. The molecule has 2 aromatic rings. The first-order valence-corrected chi connectivity index (χ1v) is 3.38. The summed E-state index contributed by atoms with van der Waals surface area (Å²) in [4.78, 5) is 20.9. The summed E-state index contributed by atoms with van der Waals surface area (Å²) in [7, 11) is 0. The lowest BCUT2D eigenvalue weighted by Crippen LogP contribution is -2.04. The van der Waals surface area contributed by atoms with Gasteiger partial charge in [-0.3, -0.25) is 4.79 Å². The zero-order valence-corrected chi connectivity index (χ0v) is 6.28. The number of tetrazole rings is 1. The largest absolute Gasteiger partial charge is 0.335 e. The van der Waals surface area contributed by atoms with E-state index >= 15 is 0 Å². The minimum Gasteiger partial charge on any atom is -0.261 e. The van der Waals surface area contributed by atoms with E-state index in [1.54, 1.807) is 12.1 Å². The molecule has 0 aliphatic rings. The van der Waals surface area contributed by atoms with Crippen LogP contribution in [0, 0.1) is 4.91 Å². The SMILES string of the molecule is O=NC(=O)c1cccc2nnnn12. The molecule has 2 aromatic heterocycles. The molecule has 0 aromatic carbocycles. The van der Waals surface area contributed by atoms with Gasteiger partial charge in [-0.25, -0.2) is 0 Å². The van der Waals surface area contributed by atoms with Gasteiger partial charge in [0, 0.05) is 5.18 Å². The van der Waals surface area contributed by atoms with Crippen molar-refractivity contribution in [2.75, 3.05) is 0 Å². The molecule has 0 spiro atoms. The molecule has 0 aliphatic carbocycles. The standard InChI is InChI=1S/C6H3N5O2/c12-6(8-13)4-2-1-3-5-7-9-10-11(4)5/h1-3H. The molecular weight excluding hydrogens is 174 g/mol. The quantitative estimate of drug-likeness (QED) is 0.573. The zero-order chi connectivity index (χ0) is 9.26. The fraction of sp³-hybridized carbons (Fsp3) is 0. The normalized spacial score (nSPS) is 10.2. The Bertz CT molecular complexity index is 477. The number of nitrogens with zero attached hydrogens (tertiary/aromatic N) is 5. The third-order valence-corrected chi connectivity index (χ3v) is 1.52. The Labute approximate surface area is 71.3 Å². The molecule has 0 saturated carbocycles. The molecule has 2 heterocycles. The fourth-order valence-corrected chi connectivity index (χ4v) is 0.974. The Morgan fingerprint density at radius 1 is 1.46 bits per heavy atom. The molecule has 7 heteroatoms. The Morgan fingerprint density at radius 2 is 2.31 bits per heavy atom. The highest BCUT2D eigenvalue weighted by molar-refractivity contribution is 5.93. The molecule has 0 fully saturated rings. The van der Waals surface area contributed by atoms with Crippen molar-refractivity contribution in [1.82, 2.24) is 20.0 Å². The number of pyridine rings is 1. The first-order chi connectivity index (χ1) is 6.33. The van der Waals surface area contributed by atoms with Crippen LogP contribution in [0.5, 0.6) is 0 Å². The number of fused-ring (bicyclic) bond motifs is 1. The highest BCUT2D eigenvalue weighted by Crippen LogP contribution is 2.03. The molecule has 13 heavy (non-hydrogen) atoms. The smallest absolute Gasteiger partial charge is 0.261 e. The van der Waals surface area contributed by atoms with E-state index in [-0.39, 0.29) is 5.69 Å². The van der Waals surface area contributed by atoms with Gasteiger partial charge in [-0.15, -0.1) is 10.0 Å². The number of hydrogen-bond acceptors (Lipinski definition) is 5. The van der Waals surface area contributed by atoms with E-state index in [1.807, 2.05) is 0 Å². The van der Waals surface area contributed by atoms with Gasteiger partial charge in [-0.05, 0) is 22.6 Å². The molecule has 0 radical (unpaired) electrons. The molecule has 2 rings (SSSR count). The summed E-state index contributed by atoms with van der Waals surface area (Å²) in [5, 5.41) is 12.8. The number of nitroso groups, excluding NO2 is 1. The maximum atomic E-state index is 10.9. The van der Waals surface area contributed by atoms with E-state index in [0.29, 0.717) is 5.65 Å². The van der Waals surface area contributed by atoms with Crippen molar-refractivity contribution in [3.63, 3.8) is 0 Å². The number of carbonyl (C=O) groups is 1. The van der Waals surface area contributed by atoms with E-state index in [2.05, 4.69) is 20.7 Å². The Morgan fingerprint density at radius 3 is 3.08 bits per heavy atom. The Kier molecular flexibility index (Phi) is 1.55. The molecule has 1 amide bonds. The monoisotopic (exact) mass is 177 g/mol. The summed E-state index contributed by atoms with van der Waals surface area (Å²) in [5.41, 5.74) is 0.451. The lowest BCUT2D eigenvalue weighted by Gasteiger charge is -1.93. The van der Waals surface area contributed by atoms with E-state index < -0.39 is 5.91 Å². The van der Waals surface area contributed by atoms with Crippen LogP contribution in [0.25, 0.3) is 5.65 Å². The van der Waals surface area contributed by atoms with Crippen molar-refractivity contribution in [3.05, 3.63) is 28.8 Å². The fourth-order valence-electron chi connectivity index (χ4n) is 0.974. The van der Waals surface area contributed by atoms with Crippen LogP contribution in [-0.4, -0.2) is 25.9 Å². The lowest BCUT2D eigenvalue weighted by atomic mass is 10.3. The van der Waals surface area contributed by atoms with E-state index in [1.165, 1.54) is 6.07 Å². The second kappa shape index (κ2) is 2.70. The van der Waals surface area contributed by atoms with Gasteiger partial charge in [0.1, 0.15) is 5.69 Å². The molecule has 7 nitrogen and oxygen atoms in total. The molecule has 0 bridgehead atoms. The summed E-state index contributed by atoms with van der Waals surface area (Å²) in [6.07, 6.45) is 0. The third-order valence-electron chi connectivity index (χ3n) is 1.52. The average molecular weight is 177 g/mol.